The fraction of sp³-hybridized carbons (Fsp3) is 0.357. The number of hydrazine groups is 1. The van der Waals surface area contributed by atoms with Gasteiger partial charge in [0.1, 0.15) is 6.04 Å². The van der Waals surface area contributed by atoms with Crippen molar-refractivity contribution in [2.75, 3.05) is 13.6 Å². The van der Waals surface area contributed by atoms with Crippen molar-refractivity contribution >= 4 is 17.8 Å². The monoisotopic (exact) mass is 293 g/mol. The van der Waals surface area contributed by atoms with Crippen LogP contribution >= 0.6 is 0 Å². The number of aliphatic carboxylic acids is 1. The normalized spacial score (nSPS) is 11.8. The van der Waals surface area contributed by atoms with Gasteiger partial charge in [-0.3, -0.25) is 30.1 Å². The van der Waals surface area contributed by atoms with Gasteiger partial charge < -0.3 is 5.11 Å². The number of carboxylic acids is 1. The third kappa shape index (κ3) is 5.23. The molecule has 2 amide bonds. The van der Waals surface area contributed by atoms with Crippen LogP contribution in [0.5, 0.6) is 0 Å². The Morgan fingerprint density at radius 1 is 1.19 bits per heavy atom. The van der Waals surface area contributed by atoms with E-state index in [1.54, 1.807) is 44.3 Å². The van der Waals surface area contributed by atoms with Gasteiger partial charge >= 0.3 is 5.97 Å². The third-order valence-electron chi connectivity index (χ3n) is 2.95. The molecule has 21 heavy (non-hydrogen) atoms. The highest BCUT2D eigenvalue weighted by Gasteiger charge is 2.22. The number of benzene rings is 1. The van der Waals surface area contributed by atoms with Gasteiger partial charge in [0, 0.05) is 5.56 Å². The molecular weight excluding hydrogens is 274 g/mol. The van der Waals surface area contributed by atoms with Gasteiger partial charge in [-0.05, 0) is 25.6 Å². The van der Waals surface area contributed by atoms with E-state index in [0.717, 1.165) is 0 Å². The number of amides is 2. The van der Waals surface area contributed by atoms with E-state index in [2.05, 4.69) is 10.9 Å². The van der Waals surface area contributed by atoms with Crippen molar-refractivity contribution in [1.29, 1.82) is 0 Å². The summed E-state index contributed by atoms with van der Waals surface area (Å²) in [5.74, 6) is -1.90. The van der Waals surface area contributed by atoms with E-state index in [1.165, 1.54) is 4.90 Å². The Bertz CT molecular complexity index is 504. The van der Waals surface area contributed by atoms with E-state index in [4.69, 9.17) is 5.11 Å². The van der Waals surface area contributed by atoms with Gasteiger partial charge in [0.25, 0.3) is 11.8 Å². The summed E-state index contributed by atoms with van der Waals surface area (Å²) in [7, 11) is 1.54. The van der Waals surface area contributed by atoms with Crippen molar-refractivity contribution in [2.24, 2.45) is 0 Å². The average molecular weight is 293 g/mol. The summed E-state index contributed by atoms with van der Waals surface area (Å²) in [6.07, 6.45) is 0.384. The molecule has 1 atom stereocenters. The zero-order valence-corrected chi connectivity index (χ0v) is 12.0. The molecule has 0 bridgehead atoms. The third-order valence-corrected chi connectivity index (χ3v) is 2.95. The lowest BCUT2D eigenvalue weighted by Crippen LogP contribution is -2.49. The van der Waals surface area contributed by atoms with Crippen LogP contribution < -0.4 is 10.9 Å². The zero-order chi connectivity index (χ0) is 15.8. The maximum absolute atomic E-state index is 11.7. The molecule has 0 heterocycles. The van der Waals surface area contributed by atoms with E-state index in [1.807, 2.05) is 0 Å². The van der Waals surface area contributed by atoms with Crippen LogP contribution in [0.2, 0.25) is 0 Å². The van der Waals surface area contributed by atoms with Gasteiger partial charge in [0.05, 0.1) is 6.54 Å². The first kappa shape index (κ1) is 16.6. The van der Waals surface area contributed by atoms with Crippen LogP contribution in [0.25, 0.3) is 0 Å². The molecule has 0 spiro atoms. The van der Waals surface area contributed by atoms with E-state index >= 15 is 0 Å². The minimum atomic E-state index is -0.985. The van der Waals surface area contributed by atoms with Crippen LogP contribution in [0.15, 0.2) is 30.3 Å². The summed E-state index contributed by atoms with van der Waals surface area (Å²) < 4.78 is 0. The molecule has 1 rings (SSSR count). The SMILES string of the molecule is CCC(C(=O)O)N(C)CC(=O)NNC(=O)c1ccccc1. The smallest absolute Gasteiger partial charge is 0.320 e. The Balaban J connectivity index is 2.44. The number of nitrogens with one attached hydrogen (secondary N) is 2. The minimum absolute atomic E-state index is 0.125. The molecule has 0 aliphatic rings. The molecule has 0 aliphatic carbocycles. The van der Waals surface area contributed by atoms with Crippen LogP contribution in [-0.2, 0) is 9.59 Å². The second-order valence-corrected chi connectivity index (χ2v) is 4.55. The molecular formula is C14H19N3O4. The van der Waals surface area contributed by atoms with Crippen LogP contribution in [0, 0.1) is 0 Å². The standard InChI is InChI=1S/C14H19N3O4/c1-3-11(14(20)21)17(2)9-12(18)15-16-13(19)10-7-5-4-6-8-10/h4-8,11H,3,9H2,1-2H3,(H,15,18)(H,16,19)(H,20,21). The molecule has 1 unspecified atom stereocenters. The lowest BCUT2D eigenvalue weighted by molar-refractivity contribution is -0.143. The van der Waals surface area contributed by atoms with Crippen molar-refractivity contribution in [3.63, 3.8) is 0 Å². The summed E-state index contributed by atoms with van der Waals surface area (Å²) in [5, 5.41) is 8.98. The Labute approximate surface area is 122 Å². The number of likely N-dealkylation sites (N-methyl/N-ethyl adjacent to an activating group) is 1. The molecule has 3 N–H and O–H groups in total. The summed E-state index contributed by atoms with van der Waals surface area (Å²) in [6, 6.07) is 7.70. The van der Waals surface area contributed by atoms with Crippen LogP contribution in [-0.4, -0.2) is 47.4 Å². The molecule has 1 aromatic carbocycles. The number of hydrogen-bond acceptors (Lipinski definition) is 4. The van der Waals surface area contributed by atoms with E-state index in [-0.39, 0.29) is 6.54 Å². The minimum Gasteiger partial charge on any atom is -0.480 e. The lowest BCUT2D eigenvalue weighted by atomic mass is 10.2. The van der Waals surface area contributed by atoms with Crippen LogP contribution in [0.4, 0.5) is 0 Å². The van der Waals surface area contributed by atoms with E-state index in [9.17, 15) is 14.4 Å². The second-order valence-electron chi connectivity index (χ2n) is 4.55. The quantitative estimate of drug-likeness (QED) is 0.653. The second kappa shape index (κ2) is 8.01. The first-order valence-electron chi connectivity index (χ1n) is 6.53. The van der Waals surface area contributed by atoms with Gasteiger partial charge in [-0.1, -0.05) is 25.1 Å². The van der Waals surface area contributed by atoms with Crippen molar-refractivity contribution in [2.45, 2.75) is 19.4 Å². The van der Waals surface area contributed by atoms with Gasteiger partial charge in [0.2, 0.25) is 0 Å². The molecule has 114 valence electrons. The van der Waals surface area contributed by atoms with Crippen LogP contribution in [0.1, 0.15) is 23.7 Å². The predicted octanol–water partition coefficient (Wildman–Crippen LogP) is 0.243. The number of nitrogens with zero attached hydrogens (tertiary/aromatic N) is 1. The highest BCUT2D eigenvalue weighted by Crippen LogP contribution is 2.01. The Morgan fingerprint density at radius 2 is 1.81 bits per heavy atom. The number of carbonyl (C=O) groups excluding carboxylic acids is 2. The maximum Gasteiger partial charge on any atom is 0.320 e. The van der Waals surface area contributed by atoms with Crippen molar-refractivity contribution < 1.29 is 19.5 Å². The molecule has 0 fully saturated rings. The van der Waals surface area contributed by atoms with Crippen molar-refractivity contribution in [1.82, 2.24) is 15.8 Å². The lowest BCUT2D eigenvalue weighted by Gasteiger charge is -2.22. The summed E-state index contributed by atoms with van der Waals surface area (Å²) in [5.41, 5.74) is 4.95. The number of rotatable bonds is 6. The summed E-state index contributed by atoms with van der Waals surface area (Å²) in [4.78, 5) is 35.7. The Kier molecular flexibility index (Phi) is 6.35. The first-order chi connectivity index (χ1) is 9.95. The largest absolute Gasteiger partial charge is 0.480 e. The predicted molar refractivity (Wildman–Crippen MR) is 76.4 cm³/mol. The maximum atomic E-state index is 11.7. The fourth-order valence-electron chi connectivity index (χ4n) is 1.84. The molecule has 7 heteroatoms. The van der Waals surface area contributed by atoms with E-state index < -0.39 is 23.8 Å². The van der Waals surface area contributed by atoms with Gasteiger partial charge in [-0.25, -0.2) is 0 Å². The van der Waals surface area contributed by atoms with Crippen molar-refractivity contribution in [3.8, 4) is 0 Å². The molecule has 1 aromatic rings. The number of carboxylic acid groups (broad SMARTS) is 1. The Morgan fingerprint density at radius 3 is 2.33 bits per heavy atom. The Hall–Kier alpha value is -2.41. The van der Waals surface area contributed by atoms with Crippen molar-refractivity contribution in [3.05, 3.63) is 35.9 Å². The number of carbonyl (C=O) groups is 3. The number of hydrogen-bond donors (Lipinski definition) is 3. The highest BCUT2D eigenvalue weighted by molar-refractivity contribution is 5.95. The van der Waals surface area contributed by atoms with E-state index in [0.29, 0.717) is 12.0 Å². The molecule has 0 aromatic heterocycles. The van der Waals surface area contributed by atoms with Gasteiger partial charge in [0.15, 0.2) is 0 Å². The van der Waals surface area contributed by atoms with Crippen LogP contribution in [0.3, 0.4) is 0 Å². The van der Waals surface area contributed by atoms with Gasteiger partial charge in [-0.2, -0.15) is 0 Å². The molecule has 7 nitrogen and oxygen atoms in total. The van der Waals surface area contributed by atoms with Gasteiger partial charge in [-0.15, -0.1) is 0 Å². The molecule has 0 saturated carbocycles. The first-order valence-corrected chi connectivity index (χ1v) is 6.53. The highest BCUT2D eigenvalue weighted by atomic mass is 16.4. The fourth-order valence-corrected chi connectivity index (χ4v) is 1.84. The summed E-state index contributed by atoms with van der Waals surface area (Å²) in [6.45, 7) is 1.60. The summed E-state index contributed by atoms with van der Waals surface area (Å²) >= 11 is 0. The molecule has 0 radical (unpaired) electrons. The topological polar surface area (TPSA) is 98.7 Å². The average Bonchev–Trinajstić information content (AvgIpc) is 2.46. The molecule has 0 aliphatic heterocycles. The zero-order valence-electron chi connectivity index (χ0n) is 12.0. The molecule has 0 saturated heterocycles.